The van der Waals surface area contributed by atoms with Crippen LogP contribution in [0.2, 0.25) is 10.0 Å². The maximum Gasteiger partial charge on any atom is 0.264 e. The SMILES string of the molecule is CCNC(=O)C(C)N(Cc1ccc(Cl)c(Cl)c1)C(=O)CN(c1ccc(Br)cc1)S(=O)(=O)c1ccccc1. The fourth-order valence-corrected chi connectivity index (χ4v) is 5.62. The molecule has 37 heavy (non-hydrogen) atoms. The first-order valence-electron chi connectivity index (χ1n) is 11.4. The molecule has 0 aromatic heterocycles. The van der Waals surface area contributed by atoms with Crippen molar-refractivity contribution >= 4 is 66.7 Å². The number of nitrogens with zero attached hydrogens (tertiary/aromatic N) is 2. The summed E-state index contributed by atoms with van der Waals surface area (Å²) in [5.41, 5.74) is 0.945. The minimum absolute atomic E-state index is 0.0214. The highest BCUT2D eigenvalue weighted by Gasteiger charge is 2.32. The van der Waals surface area contributed by atoms with Gasteiger partial charge in [-0.3, -0.25) is 13.9 Å². The second-order valence-electron chi connectivity index (χ2n) is 8.14. The molecule has 0 heterocycles. The lowest BCUT2D eigenvalue weighted by atomic mass is 10.1. The molecule has 0 saturated heterocycles. The number of halogens is 3. The molecule has 0 spiro atoms. The van der Waals surface area contributed by atoms with Crippen molar-refractivity contribution in [3.8, 4) is 0 Å². The van der Waals surface area contributed by atoms with Gasteiger partial charge in [-0.25, -0.2) is 8.42 Å². The number of carbonyl (C=O) groups is 2. The number of likely N-dealkylation sites (N-methyl/N-ethyl adjacent to an activating group) is 1. The lowest BCUT2D eigenvalue weighted by Crippen LogP contribution is -2.51. The zero-order chi connectivity index (χ0) is 27.2. The van der Waals surface area contributed by atoms with Crippen LogP contribution in [-0.2, 0) is 26.2 Å². The van der Waals surface area contributed by atoms with Crippen LogP contribution in [0, 0.1) is 0 Å². The molecule has 0 aliphatic heterocycles. The van der Waals surface area contributed by atoms with Crippen molar-refractivity contribution in [1.82, 2.24) is 10.2 Å². The van der Waals surface area contributed by atoms with Crippen molar-refractivity contribution in [2.24, 2.45) is 0 Å². The summed E-state index contributed by atoms with van der Waals surface area (Å²) in [6, 6.07) is 18.5. The number of hydrogen-bond donors (Lipinski definition) is 1. The molecule has 11 heteroatoms. The van der Waals surface area contributed by atoms with Gasteiger partial charge in [0.2, 0.25) is 11.8 Å². The van der Waals surface area contributed by atoms with E-state index >= 15 is 0 Å². The molecule has 1 N–H and O–H groups in total. The van der Waals surface area contributed by atoms with Gasteiger partial charge < -0.3 is 10.2 Å². The Morgan fingerprint density at radius 1 is 0.973 bits per heavy atom. The third kappa shape index (κ3) is 7.25. The van der Waals surface area contributed by atoms with Crippen molar-refractivity contribution in [1.29, 1.82) is 0 Å². The van der Waals surface area contributed by atoms with Crippen molar-refractivity contribution in [2.75, 3.05) is 17.4 Å². The van der Waals surface area contributed by atoms with Gasteiger partial charge in [0, 0.05) is 17.6 Å². The van der Waals surface area contributed by atoms with Gasteiger partial charge in [-0.1, -0.05) is 63.4 Å². The number of carbonyl (C=O) groups excluding carboxylic acids is 2. The van der Waals surface area contributed by atoms with Gasteiger partial charge >= 0.3 is 0 Å². The number of nitrogens with one attached hydrogen (secondary N) is 1. The molecule has 3 rings (SSSR count). The predicted octanol–water partition coefficient (Wildman–Crippen LogP) is 5.50. The molecule has 196 valence electrons. The number of sulfonamides is 1. The normalized spacial score (nSPS) is 12.0. The topological polar surface area (TPSA) is 86.8 Å². The Labute approximate surface area is 235 Å². The molecule has 0 aliphatic rings. The molecule has 1 unspecified atom stereocenters. The van der Waals surface area contributed by atoms with E-state index in [2.05, 4.69) is 21.2 Å². The largest absolute Gasteiger partial charge is 0.355 e. The van der Waals surface area contributed by atoms with Crippen LogP contribution in [0.25, 0.3) is 0 Å². The van der Waals surface area contributed by atoms with Gasteiger partial charge in [0.25, 0.3) is 10.0 Å². The van der Waals surface area contributed by atoms with Crippen LogP contribution in [0.5, 0.6) is 0 Å². The van der Waals surface area contributed by atoms with Crippen LogP contribution < -0.4 is 9.62 Å². The van der Waals surface area contributed by atoms with Crippen molar-refractivity contribution in [3.63, 3.8) is 0 Å². The Bertz CT molecular complexity index is 1360. The second kappa shape index (κ2) is 12.8. The van der Waals surface area contributed by atoms with Crippen LogP contribution in [0.15, 0.2) is 82.2 Å². The number of rotatable bonds is 10. The van der Waals surface area contributed by atoms with E-state index in [4.69, 9.17) is 23.2 Å². The molecule has 1 atom stereocenters. The van der Waals surface area contributed by atoms with E-state index in [1.54, 1.807) is 74.5 Å². The summed E-state index contributed by atoms with van der Waals surface area (Å²) in [4.78, 5) is 27.8. The first-order chi connectivity index (χ1) is 17.5. The van der Waals surface area contributed by atoms with E-state index < -0.39 is 28.5 Å². The zero-order valence-corrected chi connectivity index (χ0v) is 24.1. The Morgan fingerprint density at radius 2 is 1.62 bits per heavy atom. The average molecular weight is 627 g/mol. The Balaban J connectivity index is 2.02. The van der Waals surface area contributed by atoms with Crippen LogP contribution in [0.4, 0.5) is 5.69 Å². The molecule has 0 saturated carbocycles. The lowest BCUT2D eigenvalue weighted by molar-refractivity contribution is -0.139. The first-order valence-corrected chi connectivity index (χ1v) is 14.4. The smallest absolute Gasteiger partial charge is 0.264 e. The maximum atomic E-state index is 13.7. The first kappa shape index (κ1) is 29.0. The van der Waals surface area contributed by atoms with Crippen LogP contribution in [-0.4, -0.2) is 44.3 Å². The summed E-state index contributed by atoms with van der Waals surface area (Å²) in [5, 5.41) is 3.38. The Morgan fingerprint density at radius 3 is 2.22 bits per heavy atom. The van der Waals surface area contributed by atoms with Crippen molar-refractivity contribution in [2.45, 2.75) is 31.3 Å². The van der Waals surface area contributed by atoms with Crippen LogP contribution in [0.1, 0.15) is 19.4 Å². The fraction of sp³-hybridized carbons (Fsp3) is 0.231. The van der Waals surface area contributed by atoms with Gasteiger partial charge in [0.15, 0.2) is 0 Å². The predicted molar refractivity (Wildman–Crippen MR) is 150 cm³/mol. The van der Waals surface area contributed by atoms with Gasteiger partial charge in [0.1, 0.15) is 12.6 Å². The number of benzene rings is 3. The molecule has 3 aromatic rings. The van der Waals surface area contributed by atoms with Crippen LogP contribution in [0.3, 0.4) is 0 Å². The molecule has 0 radical (unpaired) electrons. The maximum absolute atomic E-state index is 13.7. The molecule has 0 bridgehead atoms. The summed E-state index contributed by atoms with van der Waals surface area (Å²) in [6.07, 6.45) is 0. The quantitative estimate of drug-likeness (QED) is 0.322. The van der Waals surface area contributed by atoms with E-state index in [-0.39, 0.29) is 17.3 Å². The number of anilines is 1. The lowest BCUT2D eigenvalue weighted by Gasteiger charge is -2.32. The minimum Gasteiger partial charge on any atom is -0.355 e. The van der Waals surface area contributed by atoms with E-state index in [1.165, 1.54) is 17.0 Å². The standard InChI is InChI=1S/C26H26BrCl2N3O4S/c1-3-30-26(34)18(2)31(16-19-9-14-23(28)24(29)15-19)25(33)17-32(21-12-10-20(27)11-13-21)37(35,36)22-7-5-4-6-8-22/h4-15,18H,3,16-17H2,1-2H3,(H,30,34). The number of amides is 2. The van der Waals surface area contributed by atoms with Gasteiger partial charge in [-0.05, 0) is 67.9 Å². The summed E-state index contributed by atoms with van der Waals surface area (Å²) in [5.74, 6) is -0.927. The highest BCUT2D eigenvalue weighted by atomic mass is 79.9. The summed E-state index contributed by atoms with van der Waals surface area (Å²) < 4.78 is 29.1. The molecule has 7 nitrogen and oxygen atoms in total. The third-order valence-electron chi connectivity index (χ3n) is 5.58. The number of hydrogen-bond acceptors (Lipinski definition) is 4. The highest BCUT2D eigenvalue weighted by molar-refractivity contribution is 9.10. The van der Waals surface area contributed by atoms with Gasteiger partial charge in [-0.15, -0.1) is 0 Å². The summed E-state index contributed by atoms with van der Waals surface area (Å²) >= 11 is 15.6. The highest BCUT2D eigenvalue weighted by Crippen LogP contribution is 2.27. The van der Waals surface area contributed by atoms with E-state index in [9.17, 15) is 18.0 Å². The van der Waals surface area contributed by atoms with Crippen LogP contribution >= 0.6 is 39.1 Å². The van der Waals surface area contributed by atoms with Gasteiger partial charge in [-0.2, -0.15) is 0 Å². The average Bonchev–Trinajstić information content (AvgIpc) is 2.88. The monoisotopic (exact) mass is 625 g/mol. The fourth-order valence-electron chi connectivity index (χ4n) is 3.60. The third-order valence-corrected chi connectivity index (χ3v) is 8.64. The molecule has 3 aromatic carbocycles. The van der Waals surface area contributed by atoms with Gasteiger partial charge in [0.05, 0.1) is 20.6 Å². The molecule has 0 fully saturated rings. The molecular weight excluding hydrogens is 601 g/mol. The van der Waals surface area contributed by atoms with E-state index in [1.807, 2.05) is 0 Å². The van der Waals surface area contributed by atoms with Crippen molar-refractivity contribution in [3.05, 3.63) is 92.9 Å². The van der Waals surface area contributed by atoms with E-state index in [0.29, 0.717) is 27.8 Å². The second-order valence-corrected chi connectivity index (χ2v) is 11.7. The zero-order valence-electron chi connectivity index (χ0n) is 20.2. The Hall–Kier alpha value is -2.59. The molecular formula is C26H26BrCl2N3O4S. The molecule has 2 amide bonds. The Kier molecular flexibility index (Phi) is 10.0. The van der Waals surface area contributed by atoms with E-state index in [0.717, 1.165) is 8.78 Å². The van der Waals surface area contributed by atoms with Crippen molar-refractivity contribution < 1.29 is 18.0 Å². The minimum atomic E-state index is -4.11. The summed E-state index contributed by atoms with van der Waals surface area (Å²) in [7, 11) is -4.11. The molecule has 0 aliphatic carbocycles. The summed E-state index contributed by atoms with van der Waals surface area (Å²) in [6.45, 7) is 3.25.